The molecule has 0 radical (unpaired) electrons. The lowest BCUT2D eigenvalue weighted by Gasteiger charge is -2.16. The maximum absolute atomic E-state index is 11.5. The van der Waals surface area contributed by atoms with E-state index in [2.05, 4.69) is 4.74 Å². The van der Waals surface area contributed by atoms with E-state index in [1.165, 1.54) is 0 Å². The van der Waals surface area contributed by atoms with Crippen molar-refractivity contribution in [1.29, 1.82) is 0 Å². The summed E-state index contributed by atoms with van der Waals surface area (Å²) in [5.74, 6) is -1.69. The summed E-state index contributed by atoms with van der Waals surface area (Å²) in [7, 11) is 0. The molecule has 0 spiro atoms. The Balaban J connectivity index is 2.29. The van der Waals surface area contributed by atoms with Gasteiger partial charge in [0.15, 0.2) is 0 Å². The SMILES string of the molecule is CC(C)=C(C)C1OCC2C(=O)OC(=O)C21. The molecule has 0 aromatic carbocycles. The zero-order valence-electron chi connectivity index (χ0n) is 9.07. The van der Waals surface area contributed by atoms with Crippen molar-refractivity contribution in [1.82, 2.24) is 0 Å². The number of esters is 2. The van der Waals surface area contributed by atoms with Crippen LogP contribution in [0.2, 0.25) is 0 Å². The molecule has 2 heterocycles. The summed E-state index contributed by atoms with van der Waals surface area (Å²) >= 11 is 0. The van der Waals surface area contributed by atoms with Crippen LogP contribution in [0.1, 0.15) is 20.8 Å². The number of hydrogen-bond acceptors (Lipinski definition) is 4. The van der Waals surface area contributed by atoms with E-state index in [1.807, 2.05) is 20.8 Å². The lowest BCUT2D eigenvalue weighted by atomic mass is 9.88. The van der Waals surface area contributed by atoms with Crippen molar-refractivity contribution < 1.29 is 19.1 Å². The van der Waals surface area contributed by atoms with E-state index in [0.717, 1.165) is 11.1 Å². The lowest BCUT2D eigenvalue weighted by molar-refractivity contribution is -0.156. The Morgan fingerprint density at radius 3 is 2.47 bits per heavy atom. The molecular formula is C11H14O4. The molecule has 3 unspecified atom stereocenters. The van der Waals surface area contributed by atoms with Crippen LogP contribution in [-0.2, 0) is 19.1 Å². The van der Waals surface area contributed by atoms with Crippen LogP contribution in [0.25, 0.3) is 0 Å². The van der Waals surface area contributed by atoms with Gasteiger partial charge in [-0.3, -0.25) is 9.59 Å². The first-order valence-electron chi connectivity index (χ1n) is 5.03. The van der Waals surface area contributed by atoms with Gasteiger partial charge in [0.2, 0.25) is 0 Å². The molecule has 2 rings (SSSR count). The van der Waals surface area contributed by atoms with Crippen LogP contribution in [0.3, 0.4) is 0 Å². The number of carbonyl (C=O) groups is 2. The molecule has 4 heteroatoms. The number of cyclic esters (lactones) is 2. The number of rotatable bonds is 1. The molecule has 0 aliphatic carbocycles. The third kappa shape index (κ3) is 1.49. The molecule has 3 atom stereocenters. The summed E-state index contributed by atoms with van der Waals surface area (Å²) in [5.41, 5.74) is 2.14. The minimum Gasteiger partial charge on any atom is -0.393 e. The molecular weight excluding hydrogens is 196 g/mol. The standard InChI is InChI=1S/C11H14O4/c1-5(2)6(3)9-8-7(4-14-9)10(12)15-11(8)13/h7-9H,4H2,1-3H3. The zero-order valence-corrected chi connectivity index (χ0v) is 9.07. The third-order valence-electron chi connectivity index (χ3n) is 3.21. The van der Waals surface area contributed by atoms with Gasteiger partial charge in [0, 0.05) is 0 Å². The molecule has 0 aromatic heterocycles. The Bertz CT molecular complexity index is 352. The second kappa shape index (κ2) is 3.45. The molecule has 2 fully saturated rings. The second-order valence-electron chi connectivity index (χ2n) is 4.31. The highest BCUT2D eigenvalue weighted by Crippen LogP contribution is 2.38. The summed E-state index contributed by atoms with van der Waals surface area (Å²) < 4.78 is 10.1. The minimum absolute atomic E-state index is 0.279. The van der Waals surface area contributed by atoms with E-state index in [9.17, 15) is 9.59 Å². The van der Waals surface area contributed by atoms with Crippen LogP contribution in [0.15, 0.2) is 11.1 Å². The van der Waals surface area contributed by atoms with E-state index < -0.39 is 23.8 Å². The maximum Gasteiger partial charge on any atom is 0.320 e. The molecule has 0 amide bonds. The normalized spacial score (nSPS) is 33.9. The highest BCUT2D eigenvalue weighted by Gasteiger charge is 2.54. The molecule has 2 aliphatic rings. The van der Waals surface area contributed by atoms with E-state index in [4.69, 9.17) is 4.74 Å². The van der Waals surface area contributed by atoms with Crippen molar-refractivity contribution in [3.05, 3.63) is 11.1 Å². The smallest absolute Gasteiger partial charge is 0.320 e. The fraction of sp³-hybridized carbons (Fsp3) is 0.636. The summed E-state index contributed by atoms with van der Waals surface area (Å²) in [6.45, 7) is 6.16. The molecule has 0 aromatic rings. The van der Waals surface area contributed by atoms with Crippen molar-refractivity contribution in [2.75, 3.05) is 6.61 Å². The summed E-state index contributed by atoms with van der Waals surface area (Å²) in [4.78, 5) is 22.7. The van der Waals surface area contributed by atoms with Crippen LogP contribution in [0.4, 0.5) is 0 Å². The molecule has 15 heavy (non-hydrogen) atoms. The molecule has 0 N–H and O–H groups in total. The third-order valence-corrected chi connectivity index (χ3v) is 3.21. The van der Waals surface area contributed by atoms with E-state index in [1.54, 1.807) is 0 Å². The average Bonchev–Trinajstić information content (AvgIpc) is 2.69. The van der Waals surface area contributed by atoms with Crippen LogP contribution in [0.5, 0.6) is 0 Å². The van der Waals surface area contributed by atoms with Gasteiger partial charge < -0.3 is 9.47 Å². The van der Waals surface area contributed by atoms with Gasteiger partial charge in [0.05, 0.1) is 18.6 Å². The first-order valence-corrected chi connectivity index (χ1v) is 5.03. The van der Waals surface area contributed by atoms with Crippen LogP contribution in [0, 0.1) is 11.8 Å². The fourth-order valence-corrected chi connectivity index (χ4v) is 2.05. The maximum atomic E-state index is 11.5. The van der Waals surface area contributed by atoms with Crippen molar-refractivity contribution >= 4 is 11.9 Å². The first kappa shape index (κ1) is 10.4. The summed E-state index contributed by atoms with van der Waals surface area (Å²) in [6.07, 6.45) is -0.279. The van der Waals surface area contributed by atoms with Gasteiger partial charge in [0.1, 0.15) is 5.92 Å². The van der Waals surface area contributed by atoms with Gasteiger partial charge in [-0.15, -0.1) is 0 Å². The van der Waals surface area contributed by atoms with Crippen LogP contribution in [-0.4, -0.2) is 24.6 Å². The highest BCUT2D eigenvalue weighted by atomic mass is 16.6. The van der Waals surface area contributed by atoms with E-state index >= 15 is 0 Å². The lowest BCUT2D eigenvalue weighted by Crippen LogP contribution is -2.25. The summed E-state index contributed by atoms with van der Waals surface area (Å²) in [6, 6.07) is 0. The van der Waals surface area contributed by atoms with Crippen molar-refractivity contribution in [2.45, 2.75) is 26.9 Å². The molecule has 2 saturated heterocycles. The Morgan fingerprint density at radius 1 is 1.20 bits per heavy atom. The largest absolute Gasteiger partial charge is 0.393 e. The van der Waals surface area contributed by atoms with Gasteiger partial charge >= 0.3 is 11.9 Å². The van der Waals surface area contributed by atoms with Gasteiger partial charge in [0.25, 0.3) is 0 Å². The number of allylic oxidation sites excluding steroid dienone is 1. The predicted octanol–water partition coefficient (Wildman–Crippen LogP) is 1.06. The number of hydrogen-bond donors (Lipinski definition) is 0. The molecule has 2 aliphatic heterocycles. The number of carbonyl (C=O) groups excluding carboxylic acids is 2. The van der Waals surface area contributed by atoms with Gasteiger partial charge in [-0.2, -0.15) is 0 Å². The molecule has 4 nitrogen and oxygen atoms in total. The summed E-state index contributed by atoms with van der Waals surface area (Å²) in [5, 5.41) is 0. The monoisotopic (exact) mass is 210 g/mol. The highest BCUT2D eigenvalue weighted by molar-refractivity contribution is 5.97. The van der Waals surface area contributed by atoms with Crippen molar-refractivity contribution in [3.63, 3.8) is 0 Å². The molecule has 0 bridgehead atoms. The fourth-order valence-electron chi connectivity index (χ4n) is 2.05. The Labute approximate surface area is 88.2 Å². The molecule has 82 valence electrons. The van der Waals surface area contributed by atoms with E-state index in [-0.39, 0.29) is 6.10 Å². The number of ether oxygens (including phenoxy) is 2. The quantitative estimate of drug-likeness (QED) is 0.369. The molecule has 0 saturated carbocycles. The number of fused-ring (bicyclic) bond motifs is 1. The Morgan fingerprint density at radius 2 is 1.87 bits per heavy atom. The van der Waals surface area contributed by atoms with Gasteiger partial charge in [-0.05, 0) is 26.3 Å². The van der Waals surface area contributed by atoms with Gasteiger partial charge in [-0.25, -0.2) is 0 Å². The van der Waals surface area contributed by atoms with Crippen molar-refractivity contribution in [2.24, 2.45) is 11.8 Å². The first-order chi connectivity index (χ1) is 7.02. The average molecular weight is 210 g/mol. The topological polar surface area (TPSA) is 52.6 Å². The Hall–Kier alpha value is -1.16. The zero-order chi connectivity index (χ0) is 11.2. The minimum atomic E-state index is -0.437. The van der Waals surface area contributed by atoms with Gasteiger partial charge in [-0.1, -0.05) is 5.57 Å². The van der Waals surface area contributed by atoms with Crippen molar-refractivity contribution in [3.8, 4) is 0 Å². The Kier molecular flexibility index (Phi) is 2.38. The van der Waals surface area contributed by atoms with Crippen LogP contribution >= 0.6 is 0 Å². The van der Waals surface area contributed by atoms with E-state index in [0.29, 0.717) is 6.61 Å². The van der Waals surface area contributed by atoms with Crippen LogP contribution < -0.4 is 0 Å². The predicted molar refractivity (Wildman–Crippen MR) is 51.9 cm³/mol. The second-order valence-corrected chi connectivity index (χ2v) is 4.31.